The predicted octanol–water partition coefficient (Wildman–Crippen LogP) is 3.24. The molecule has 1 unspecified atom stereocenters. The first kappa shape index (κ1) is 32.6. The van der Waals surface area contributed by atoms with Crippen LogP contribution >= 0.6 is 0 Å². The number of imidazole rings is 1. The fourth-order valence-corrected chi connectivity index (χ4v) is 3.65. The molecule has 12 nitrogen and oxygen atoms in total. The van der Waals surface area contributed by atoms with Crippen molar-refractivity contribution in [2.45, 2.75) is 38.0 Å². The average molecular weight is 615 g/mol. The van der Waals surface area contributed by atoms with Crippen LogP contribution in [0.15, 0.2) is 47.4 Å². The smallest absolute Gasteiger partial charge is 0.453 e. The number of halogens is 5. The third-order valence-electron chi connectivity index (χ3n) is 5.79. The minimum Gasteiger partial charge on any atom is -0.453 e. The Morgan fingerprint density at radius 3 is 2.60 bits per heavy atom. The lowest BCUT2D eigenvalue weighted by atomic mass is 10.1. The van der Waals surface area contributed by atoms with Gasteiger partial charge in [0.05, 0.1) is 19.2 Å². The number of ether oxygens (including phenoxy) is 2. The van der Waals surface area contributed by atoms with Crippen molar-refractivity contribution in [2.24, 2.45) is 0 Å². The van der Waals surface area contributed by atoms with Gasteiger partial charge in [-0.25, -0.2) is 14.2 Å². The Hall–Kier alpha value is -4.96. The van der Waals surface area contributed by atoms with E-state index >= 15 is 0 Å². The van der Waals surface area contributed by atoms with Crippen LogP contribution in [0.25, 0.3) is 11.0 Å². The van der Waals surface area contributed by atoms with E-state index in [1.807, 2.05) is 0 Å². The maximum Gasteiger partial charge on any atom is 0.461 e. The van der Waals surface area contributed by atoms with E-state index in [1.165, 1.54) is 35.4 Å². The van der Waals surface area contributed by atoms with Gasteiger partial charge in [-0.05, 0) is 31.1 Å². The molecule has 0 aliphatic carbocycles. The van der Waals surface area contributed by atoms with Gasteiger partial charge < -0.3 is 34.6 Å². The number of anilines is 1. The first-order chi connectivity index (χ1) is 20.2. The van der Waals surface area contributed by atoms with Crippen molar-refractivity contribution in [3.63, 3.8) is 0 Å². The highest BCUT2D eigenvalue weighted by atomic mass is 19.3. The van der Waals surface area contributed by atoms with Gasteiger partial charge in [-0.3, -0.25) is 14.4 Å². The summed E-state index contributed by atoms with van der Waals surface area (Å²) in [5.74, 6) is -3.11. The molecule has 43 heavy (non-hydrogen) atoms. The number of nitrogens with one attached hydrogen (secondary N) is 3. The first-order valence-electron chi connectivity index (χ1n) is 12.5. The number of amides is 3. The van der Waals surface area contributed by atoms with Crippen LogP contribution in [0.5, 0.6) is 5.75 Å². The number of nitrogens with zero attached hydrogens (tertiary/aromatic N) is 3. The van der Waals surface area contributed by atoms with Gasteiger partial charge in [-0.2, -0.15) is 17.6 Å². The van der Waals surface area contributed by atoms with Crippen molar-refractivity contribution in [1.82, 2.24) is 24.8 Å². The van der Waals surface area contributed by atoms with Crippen molar-refractivity contribution in [3.05, 3.63) is 64.6 Å². The third kappa shape index (κ3) is 8.52. The zero-order chi connectivity index (χ0) is 31.9. The summed E-state index contributed by atoms with van der Waals surface area (Å²) in [6, 6.07) is 2.86. The lowest BCUT2D eigenvalue weighted by Gasteiger charge is -2.17. The van der Waals surface area contributed by atoms with E-state index in [-0.39, 0.29) is 47.8 Å². The molecule has 0 aliphatic heterocycles. The van der Waals surface area contributed by atoms with E-state index in [2.05, 4.69) is 30.1 Å². The second kappa shape index (κ2) is 13.8. The number of carbonyl (C=O) groups excluding carboxylic acids is 3. The van der Waals surface area contributed by atoms with Crippen molar-refractivity contribution in [1.29, 1.82) is 0 Å². The van der Waals surface area contributed by atoms with E-state index in [4.69, 9.17) is 0 Å². The van der Waals surface area contributed by atoms with Crippen molar-refractivity contribution >= 4 is 34.6 Å². The molecule has 0 aliphatic rings. The van der Waals surface area contributed by atoms with Gasteiger partial charge in [0.1, 0.15) is 28.9 Å². The topological polar surface area (TPSA) is 148 Å². The number of H-pyrrole nitrogens is 1. The fraction of sp³-hybridized carbons (Fsp3) is 0.346. The Balaban J connectivity index is 1.81. The molecule has 0 bridgehead atoms. The molecular weight excluding hydrogens is 587 g/mol. The van der Waals surface area contributed by atoms with Gasteiger partial charge in [0.15, 0.2) is 5.75 Å². The number of alkyl carbamates (subject to hydrolysis) is 1. The number of alkyl halides is 4. The molecule has 1 atom stereocenters. The van der Waals surface area contributed by atoms with Crippen LogP contribution in [0.4, 0.5) is 32.4 Å². The molecule has 2 heterocycles. The molecule has 17 heteroatoms. The van der Waals surface area contributed by atoms with Gasteiger partial charge in [-0.15, -0.1) is 0 Å². The van der Waals surface area contributed by atoms with Crippen LogP contribution in [0.1, 0.15) is 18.7 Å². The number of methoxy groups -OCH3 is 1. The lowest BCUT2D eigenvalue weighted by Crippen LogP contribution is -2.44. The molecule has 1 aromatic carbocycles. The summed E-state index contributed by atoms with van der Waals surface area (Å²) in [6.07, 6.45) is -5.62. The zero-order valence-electron chi connectivity index (χ0n) is 23.0. The minimum atomic E-state index is -4.91. The van der Waals surface area contributed by atoms with Gasteiger partial charge in [0.2, 0.25) is 11.8 Å². The van der Waals surface area contributed by atoms with Crippen LogP contribution in [0, 0.1) is 5.82 Å². The monoisotopic (exact) mass is 614 g/mol. The second-order valence-electron chi connectivity index (χ2n) is 9.19. The number of allylic oxidation sites excluding steroid dienone is 1. The maximum absolute atomic E-state index is 14.0. The number of pyridine rings is 1. The number of benzene rings is 1. The van der Waals surface area contributed by atoms with E-state index in [0.717, 1.165) is 17.7 Å². The molecule has 3 rings (SSSR count). The zero-order valence-corrected chi connectivity index (χ0v) is 23.0. The molecule has 0 radical (unpaired) electrons. The van der Waals surface area contributed by atoms with Gasteiger partial charge in [0.25, 0.3) is 5.56 Å². The number of aromatic amines is 1. The summed E-state index contributed by atoms with van der Waals surface area (Å²) in [5.41, 5.74) is -1.49. The molecule has 0 spiro atoms. The van der Waals surface area contributed by atoms with Crippen LogP contribution in [-0.4, -0.2) is 77.1 Å². The van der Waals surface area contributed by atoms with Gasteiger partial charge >= 0.3 is 18.6 Å². The van der Waals surface area contributed by atoms with Crippen LogP contribution in [0.3, 0.4) is 0 Å². The highest BCUT2D eigenvalue weighted by Gasteiger charge is 2.44. The summed E-state index contributed by atoms with van der Waals surface area (Å²) in [5, 5.41) is 4.77. The number of fused-ring (bicyclic) bond motifs is 1. The number of aromatic nitrogens is 3. The standard InChI is InChI=1S/C26H27F5N6O6/c1-36(2)20(38)9-5-4-7-15(34-25(41)42-3)22(39)33-16-8-6-10-37(23(16)40)13-19-32-17-11-14(27)12-18(21(17)35-19)43-26(30,31)24(28)29/h5-6,8-12,15,24H,4,7,13H2,1-3H3,(H,32,35)(H,33,39)(H,34,41)/b9-5+. The van der Waals surface area contributed by atoms with E-state index in [9.17, 15) is 41.1 Å². The second-order valence-corrected chi connectivity index (χ2v) is 9.19. The SMILES string of the molecule is COC(=O)NC(CC/C=C/C(=O)N(C)C)C(=O)Nc1cccn(Cc2nc3cc(F)cc(OC(F)(F)C(F)F)c3[nH]2)c1=O. The minimum absolute atomic E-state index is 0.0454. The highest BCUT2D eigenvalue weighted by molar-refractivity contribution is 5.96. The highest BCUT2D eigenvalue weighted by Crippen LogP contribution is 2.32. The van der Waals surface area contributed by atoms with Gasteiger partial charge in [-0.1, -0.05) is 6.08 Å². The van der Waals surface area contributed by atoms with Crippen molar-refractivity contribution in [3.8, 4) is 5.75 Å². The Labute approximate surface area is 240 Å². The molecule has 3 aromatic rings. The quantitative estimate of drug-likeness (QED) is 0.210. The molecule has 0 saturated carbocycles. The summed E-state index contributed by atoms with van der Waals surface area (Å²) >= 11 is 0. The first-order valence-corrected chi connectivity index (χ1v) is 12.5. The van der Waals surface area contributed by atoms with Crippen LogP contribution < -0.4 is 20.9 Å². The molecule has 3 amide bonds. The molecule has 0 fully saturated rings. The molecule has 3 N–H and O–H groups in total. The maximum atomic E-state index is 14.0. The molecule has 2 aromatic heterocycles. The summed E-state index contributed by atoms with van der Waals surface area (Å²) in [6.45, 7) is -0.335. The summed E-state index contributed by atoms with van der Waals surface area (Å²) < 4.78 is 75.8. The number of carbonyl (C=O) groups is 3. The van der Waals surface area contributed by atoms with E-state index in [1.54, 1.807) is 14.1 Å². The summed E-state index contributed by atoms with van der Waals surface area (Å²) in [7, 11) is 4.22. The van der Waals surface area contributed by atoms with E-state index in [0.29, 0.717) is 6.07 Å². The van der Waals surface area contributed by atoms with Crippen LogP contribution in [-0.2, 0) is 20.9 Å². The molecule has 0 saturated heterocycles. The number of likely N-dealkylation sites (N-methyl/N-ethyl adjacent to an activating group) is 1. The van der Waals surface area contributed by atoms with Crippen molar-refractivity contribution < 1.29 is 45.8 Å². The number of rotatable bonds is 12. The van der Waals surface area contributed by atoms with Crippen LogP contribution in [0.2, 0.25) is 0 Å². The normalized spacial score (nSPS) is 12.4. The molecule has 232 valence electrons. The fourth-order valence-electron chi connectivity index (χ4n) is 3.65. The number of hydrogen-bond donors (Lipinski definition) is 3. The van der Waals surface area contributed by atoms with E-state index < -0.39 is 47.7 Å². The Morgan fingerprint density at radius 1 is 1.23 bits per heavy atom. The lowest BCUT2D eigenvalue weighted by molar-refractivity contribution is -0.252. The Morgan fingerprint density at radius 2 is 1.95 bits per heavy atom. The Kier molecular flexibility index (Phi) is 10.4. The van der Waals surface area contributed by atoms with Gasteiger partial charge in [0, 0.05) is 32.4 Å². The average Bonchev–Trinajstić information content (AvgIpc) is 3.34. The predicted molar refractivity (Wildman–Crippen MR) is 142 cm³/mol. The number of hydrogen-bond acceptors (Lipinski definition) is 7. The Bertz CT molecular complexity index is 1570. The van der Waals surface area contributed by atoms with Crippen molar-refractivity contribution in [2.75, 3.05) is 26.5 Å². The third-order valence-corrected chi connectivity index (χ3v) is 5.79. The summed E-state index contributed by atoms with van der Waals surface area (Å²) in [4.78, 5) is 57.4. The largest absolute Gasteiger partial charge is 0.461 e. The molecular formula is C26H27F5N6O6.